The van der Waals surface area contributed by atoms with Crippen LogP contribution in [0.1, 0.15) is 26.5 Å². The molecule has 1 amide bonds. The van der Waals surface area contributed by atoms with E-state index in [9.17, 15) is 9.59 Å². The van der Waals surface area contributed by atoms with Crippen molar-refractivity contribution in [2.45, 2.75) is 19.9 Å². The van der Waals surface area contributed by atoms with Crippen LogP contribution in [0.15, 0.2) is 28.4 Å². The van der Waals surface area contributed by atoms with Gasteiger partial charge in [0.2, 0.25) is 0 Å². The van der Waals surface area contributed by atoms with E-state index in [-0.39, 0.29) is 17.0 Å². The first kappa shape index (κ1) is 12.2. The van der Waals surface area contributed by atoms with Crippen LogP contribution >= 0.6 is 11.3 Å². The summed E-state index contributed by atoms with van der Waals surface area (Å²) in [6, 6.07) is 5.42. The van der Waals surface area contributed by atoms with Gasteiger partial charge in [-0.15, -0.1) is 11.3 Å². The smallest absolute Gasteiger partial charge is 0.260 e. The quantitative estimate of drug-likeness (QED) is 0.864. The molecule has 4 nitrogen and oxygen atoms in total. The van der Waals surface area contributed by atoms with Gasteiger partial charge in [-0.3, -0.25) is 9.59 Å². The second-order valence-corrected chi connectivity index (χ2v) is 5.73. The zero-order chi connectivity index (χ0) is 13.4. The van der Waals surface area contributed by atoms with E-state index in [2.05, 4.69) is 16.4 Å². The van der Waals surface area contributed by atoms with Crippen molar-refractivity contribution in [3.63, 3.8) is 0 Å². The molecule has 1 N–H and O–H groups in total. The Balaban J connectivity index is 1.87. The van der Waals surface area contributed by atoms with Crippen LogP contribution in [0.5, 0.6) is 0 Å². The van der Waals surface area contributed by atoms with Crippen molar-refractivity contribution >= 4 is 17.2 Å². The number of aromatic nitrogens is 1. The fourth-order valence-electron chi connectivity index (χ4n) is 2.33. The van der Waals surface area contributed by atoms with E-state index >= 15 is 0 Å². The van der Waals surface area contributed by atoms with Crippen LogP contribution in [0.3, 0.4) is 0 Å². The summed E-state index contributed by atoms with van der Waals surface area (Å²) in [4.78, 5) is 30.0. The summed E-state index contributed by atoms with van der Waals surface area (Å²) in [7, 11) is 0. The van der Waals surface area contributed by atoms with E-state index < -0.39 is 0 Å². The Morgan fingerprint density at radius 1 is 1.37 bits per heavy atom. The van der Waals surface area contributed by atoms with Gasteiger partial charge in [-0.05, 0) is 42.5 Å². The van der Waals surface area contributed by atoms with Crippen LogP contribution in [0, 0.1) is 6.92 Å². The highest BCUT2D eigenvalue weighted by molar-refractivity contribution is 7.10. The number of rotatable bonds is 1. The Bertz CT molecular complexity index is 687. The number of aryl methyl sites for hydroxylation is 1. The molecule has 0 fully saturated rings. The average Bonchev–Trinajstić information content (AvgIpc) is 2.85. The Labute approximate surface area is 114 Å². The molecule has 2 aromatic heterocycles. The van der Waals surface area contributed by atoms with Gasteiger partial charge in [0.15, 0.2) is 0 Å². The van der Waals surface area contributed by atoms with Crippen LogP contribution in [0.25, 0.3) is 0 Å². The number of pyridine rings is 1. The zero-order valence-electron chi connectivity index (χ0n) is 10.6. The third-order valence-electron chi connectivity index (χ3n) is 3.38. The van der Waals surface area contributed by atoms with Gasteiger partial charge in [0.25, 0.3) is 11.5 Å². The molecule has 0 saturated carbocycles. The van der Waals surface area contributed by atoms with Crippen LogP contribution < -0.4 is 5.56 Å². The summed E-state index contributed by atoms with van der Waals surface area (Å²) >= 11 is 1.73. The van der Waals surface area contributed by atoms with E-state index in [0.29, 0.717) is 13.1 Å². The van der Waals surface area contributed by atoms with Gasteiger partial charge >= 0.3 is 0 Å². The monoisotopic (exact) mass is 274 g/mol. The van der Waals surface area contributed by atoms with Gasteiger partial charge in [0.05, 0.1) is 0 Å². The van der Waals surface area contributed by atoms with Gasteiger partial charge in [-0.25, -0.2) is 0 Å². The Morgan fingerprint density at radius 2 is 2.21 bits per heavy atom. The largest absolute Gasteiger partial charge is 0.334 e. The number of aromatic amines is 1. The van der Waals surface area contributed by atoms with Crippen molar-refractivity contribution < 1.29 is 4.79 Å². The Hall–Kier alpha value is -1.88. The van der Waals surface area contributed by atoms with Gasteiger partial charge in [0.1, 0.15) is 5.56 Å². The van der Waals surface area contributed by atoms with E-state index in [1.54, 1.807) is 35.3 Å². The predicted molar refractivity (Wildman–Crippen MR) is 74.6 cm³/mol. The minimum atomic E-state index is -0.305. The van der Waals surface area contributed by atoms with Crippen molar-refractivity contribution in [2.75, 3.05) is 6.54 Å². The fourth-order valence-corrected chi connectivity index (χ4v) is 3.22. The number of carbonyl (C=O) groups excluding carboxylic acids is 1. The SMILES string of the molecule is Cc1ccc(C(=O)N2CCc3sccc3C2)c(=O)[nH]1. The van der Waals surface area contributed by atoms with Crippen LogP contribution in [0.4, 0.5) is 0 Å². The molecule has 5 heteroatoms. The molecule has 98 valence electrons. The van der Waals surface area contributed by atoms with E-state index in [4.69, 9.17) is 0 Å². The lowest BCUT2D eigenvalue weighted by Crippen LogP contribution is -2.38. The van der Waals surface area contributed by atoms with Crippen molar-refractivity contribution in [3.05, 3.63) is 55.6 Å². The summed E-state index contributed by atoms with van der Waals surface area (Å²) in [5, 5.41) is 2.05. The molecule has 0 atom stereocenters. The first-order valence-electron chi connectivity index (χ1n) is 6.19. The van der Waals surface area contributed by atoms with E-state index in [1.807, 2.05) is 0 Å². The highest BCUT2D eigenvalue weighted by Crippen LogP contribution is 2.24. The number of thiophene rings is 1. The van der Waals surface area contributed by atoms with Gasteiger partial charge in [-0.1, -0.05) is 0 Å². The maximum absolute atomic E-state index is 12.4. The number of fused-ring (bicyclic) bond motifs is 1. The molecule has 0 radical (unpaired) electrons. The third kappa shape index (κ3) is 2.21. The van der Waals surface area contributed by atoms with Crippen molar-refractivity contribution in [3.8, 4) is 0 Å². The molecular weight excluding hydrogens is 260 g/mol. The number of carbonyl (C=O) groups is 1. The molecule has 3 heterocycles. The zero-order valence-corrected chi connectivity index (χ0v) is 11.4. The molecule has 0 bridgehead atoms. The first-order valence-corrected chi connectivity index (χ1v) is 7.07. The molecule has 19 heavy (non-hydrogen) atoms. The lowest BCUT2D eigenvalue weighted by molar-refractivity contribution is 0.0734. The lowest BCUT2D eigenvalue weighted by atomic mass is 10.1. The van der Waals surface area contributed by atoms with Gasteiger partial charge < -0.3 is 9.88 Å². The number of hydrogen-bond acceptors (Lipinski definition) is 3. The van der Waals surface area contributed by atoms with Crippen LogP contribution in [-0.4, -0.2) is 22.3 Å². The lowest BCUT2D eigenvalue weighted by Gasteiger charge is -2.26. The molecule has 0 saturated heterocycles. The number of H-pyrrole nitrogens is 1. The molecule has 0 aromatic carbocycles. The second kappa shape index (κ2) is 4.66. The topological polar surface area (TPSA) is 53.2 Å². The molecule has 1 aliphatic heterocycles. The summed E-state index contributed by atoms with van der Waals surface area (Å²) in [6.07, 6.45) is 0.877. The molecule has 1 aliphatic rings. The molecule has 0 unspecified atom stereocenters. The maximum atomic E-state index is 12.4. The summed E-state index contributed by atoms with van der Waals surface area (Å²) in [5.41, 5.74) is 1.89. The number of hydrogen-bond donors (Lipinski definition) is 1. The second-order valence-electron chi connectivity index (χ2n) is 4.73. The van der Waals surface area contributed by atoms with Crippen molar-refractivity contribution in [2.24, 2.45) is 0 Å². The summed E-state index contributed by atoms with van der Waals surface area (Å²) in [6.45, 7) is 3.08. The Morgan fingerprint density at radius 3 is 3.00 bits per heavy atom. The number of nitrogens with one attached hydrogen (secondary N) is 1. The molecule has 2 aromatic rings. The van der Waals surface area contributed by atoms with Crippen LogP contribution in [0.2, 0.25) is 0 Å². The number of amides is 1. The van der Waals surface area contributed by atoms with Crippen molar-refractivity contribution in [1.29, 1.82) is 0 Å². The average molecular weight is 274 g/mol. The van der Waals surface area contributed by atoms with Gasteiger partial charge in [-0.2, -0.15) is 0 Å². The minimum Gasteiger partial charge on any atom is -0.334 e. The summed E-state index contributed by atoms with van der Waals surface area (Å²) < 4.78 is 0. The molecule has 3 rings (SSSR count). The highest BCUT2D eigenvalue weighted by Gasteiger charge is 2.23. The Kier molecular flexibility index (Phi) is 2.98. The standard InChI is InChI=1S/C14H14N2O2S/c1-9-2-3-11(13(17)15-9)14(18)16-6-4-12-10(8-16)5-7-19-12/h2-3,5,7H,4,6,8H2,1H3,(H,15,17). The van der Waals surface area contributed by atoms with E-state index in [1.165, 1.54) is 10.4 Å². The molecular formula is C14H14N2O2S. The van der Waals surface area contributed by atoms with Crippen molar-refractivity contribution in [1.82, 2.24) is 9.88 Å². The van der Waals surface area contributed by atoms with Crippen LogP contribution in [-0.2, 0) is 13.0 Å². The van der Waals surface area contributed by atoms with E-state index in [0.717, 1.165) is 12.1 Å². The third-order valence-corrected chi connectivity index (χ3v) is 4.40. The molecule has 0 aliphatic carbocycles. The normalized spacial score (nSPS) is 14.3. The number of nitrogens with zero attached hydrogens (tertiary/aromatic N) is 1. The fraction of sp³-hybridized carbons (Fsp3) is 0.286. The highest BCUT2D eigenvalue weighted by atomic mass is 32.1. The van der Waals surface area contributed by atoms with Gasteiger partial charge in [0, 0.05) is 23.7 Å². The maximum Gasteiger partial charge on any atom is 0.260 e. The molecule has 0 spiro atoms. The first-order chi connectivity index (χ1) is 9.15. The predicted octanol–water partition coefficient (Wildman–Crippen LogP) is 1.94. The summed E-state index contributed by atoms with van der Waals surface area (Å²) in [5.74, 6) is -0.182. The minimum absolute atomic E-state index is 0.182.